The van der Waals surface area contributed by atoms with E-state index in [1.54, 1.807) is 62.3 Å². The fraction of sp³-hybridized carbons (Fsp3) is 0.905. The second kappa shape index (κ2) is 21.0. The molecule has 0 saturated carbocycles. The average molecular weight is 833 g/mol. The third-order valence-corrected chi connectivity index (χ3v) is 12.8. The zero-order chi connectivity index (χ0) is 44.1. The minimum atomic E-state index is -1.47. The largest absolute Gasteiger partial charge is 0.461 e. The molecular formula is C42H72O16. The molecule has 0 bridgehead atoms. The number of esters is 3. The van der Waals surface area contributed by atoms with Crippen LogP contribution >= 0.6 is 0 Å². The van der Waals surface area contributed by atoms with Crippen LogP contribution in [0.15, 0.2) is 0 Å². The molecule has 0 unspecified atom stereocenters. The van der Waals surface area contributed by atoms with Crippen molar-refractivity contribution in [2.45, 2.75) is 188 Å². The van der Waals surface area contributed by atoms with E-state index in [2.05, 4.69) is 0 Å². The van der Waals surface area contributed by atoms with Crippen molar-refractivity contribution >= 4 is 23.7 Å². The first kappa shape index (κ1) is 50.1. The maximum Gasteiger partial charge on any atom is 0.311 e. The zero-order valence-corrected chi connectivity index (χ0v) is 37.1. The highest BCUT2D eigenvalue weighted by Crippen LogP contribution is 2.41. The van der Waals surface area contributed by atoms with Gasteiger partial charge in [0.1, 0.15) is 36.1 Å². The van der Waals surface area contributed by atoms with Gasteiger partial charge in [-0.1, -0.05) is 41.5 Å². The summed E-state index contributed by atoms with van der Waals surface area (Å²) in [6.07, 6.45) is -12.4. The van der Waals surface area contributed by atoms with E-state index in [1.807, 2.05) is 13.8 Å². The van der Waals surface area contributed by atoms with Gasteiger partial charge in [0, 0.05) is 58.2 Å². The van der Waals surface area contributed by atoms with E-state index in [9.17, 15) is 34.5 Å². The number of Topliss-reactive ketones (excluding diaryl/α,β-unsaturated/α-hetero) is 1. The van der Waals surface area contributed by atoms with Gasteiger partial charge in [-0.25, -0.2) is 0 Å². The number of aliphatic hydroxyl groups excluding tert-OH is 3. The second-order valence-corrected chi connectivity index (χ2v) is 17.5. The summed E-state index contributed by atoms with van der Waals surface area (Å²) in [6.45, 7) is 21.5. The smallest absolute Gasteiger partial charge is 0.311 e. The fourth-order valence-electron chi connectivity index (χ4n) is 9.20. The number of cyclic esters (lactones) is 1. The molecule has 21 atom stereocenters. The highest BCUT2D eigenvalue weighted by atomic mass is 16.7. The maximum absolute atomic E-state index is 14.7. The van der Waals surface area contributed by atoms with Crippen LogP contribution in [0.2, 0.25) is 0 Å². The van der Waals surface area contributed by atoms with Crippen LogP contribution in [-0.4, -0.2) is 139 Å². The van der Waals surface area contributed by atoms with E-state index in [0.29, 0.717) is 0 Å². The van der Waals surface area contributed by atoms with Gasteiger partial charge in [-0.15, -0.1) is 0 Å². The van der Waals surface area contributed by atoms with Crippen molar-refractivity contribution in [2.75, 3.05) is 14.2 Å². The Balaban J connectivity index is 2.28. The highest BCUT2D eigenvalue weighted by molar-refractivity contribution is 5.89. The molecule has 3 fully saturated rings. The van der Waals surface area contributed by atoms with E-state index in [-0.39, 0.29) is 24.5 Å². The molecule has 0 aliphatic carbocycles. The molecule has 0 amide bonds. The standard InChI is InChI=1S/C42H72O16/c1-18-17-42(13,51-15)38(48)24(7)34(54-28(11)44)22(5)33(20(3)26(9)43)56-39(49)25(8)35(58-40-31(47)30(46)16-19(2)52-40)21(4)32(18)57-41-37(50-14)23(6)36(27(10)53-41)55-29(12)45/h18-27,30-37,40-41,43,46-47H,16-17H2,1-15H3/t18-,19-,20-,21-,22-,23+,24-,25-,26+,27-,30+,31+,32-,33+,34-,35-,36-,37+,40+,41+,42+/m1/s1. The van der Waals surface area contributed by atoms with Crippen LogP contribution in [0.3, 0.4) is 0 Å². The summed E-state index contributed by atoms with van der Waals surface area (Å²) >= 11 is 0. The molecule has 16 heteroatoms. The van der Waals surface area contributed by atoms with Crippen LogP contribution in [0.25, 0.3) is 0 Å². The lowest BCUT2D eigenvalue weighted by Gasteiger charge is -2.47. The molecule has 3 aliphatic heterocycles. The van der Waals surface area contributed by atoms with Crippen LogP contribution in [0, 0.1) is 41.4 Å². The second-order valence-electron chi connectivity index (χ2n) is 17.5. The van der Waals surface area contributed by atoms with Crippen molar-refractivity contribution in [3.05, 3.63) is 0 Å². The minimum absolute atomic E-state index is 0.0752. The molecule has 0 spiro atoms. The third kappa shape index (κ3) is 11.5. The Hall–Kier alpha value is -2.28. The summed E-state index contributed by atoms with van der Waals surface area (Å²) in [5.41, 5.74) is -1.47. The van der Waals surface area contributed by atoms with Gasteiger partial charge in [-0.2, -0.15) is 0 Å². The predicted molar refractivity (Wildman–Crippen MR) is 208 cm³/mol. The molecule has 0 aromatic rings. The Labute approximate surface area is 344 Å². The van der Waals surface area contributed by atoms with Crippen LogP contribution in [-0.2, 0) is 61.8 Å². The molecule has 3 heterocycles. The van der Waals surface area contributed by atoms with Crippen molar-refractivity contribution in [3.8, 4) is 0 Å². The van der Waals surface area contributed by atoms with Crippen molar-refractivity contribution in [1.82, 2.24) is 0 Å². The molecule has 0 aromatic heterocycles. The Kier molecular flexibility index (Phi) is 18.1. The fourth-order valence-corrected chi connectivity index (χ4v) is 9.20. The molecule has 58 heavy (non-hydrogen) atoms. The van der Waals surface area contributed by atoms with Crippen molar-refractivity contribution in [3.63, 3.8) is 0 Å². The first-order valence-corrected chi connectivity index (χ1v) is 20.7. The zero-order valence-electron chi connectivity index (χ0n) is 37.1. The summed E-state index contributed by atoms with van der Waals surface area (Å²) < 4.78 is 55.5. The Morgan fingerprint density at radius 2 is 1.31 bits per heavy atom. The van der Waals surface area contributed by atoms with E-state index >= 15 is 0 Å². The van der Waals surface area contributed by atoms with Crippen LogP contribution in [0.4, 0.5) is 0 Å². The van der Waals surface area contributed by atoms with Crippen LogP contribution in [0.1, 0.15) is 103 Å². The number of ether oxygens (including phenoxy) is 9. The molecule has 3 saturated heterocycles. The number of methoxy groups -OCH3 is 2. The minimum Gasteiger partial charge on any atom is -0.461 e. The first-order chi connectivity index (χ1) is 26.9. The van der Waals surface area contributed by atoms with E-state index in [1.165, 1.54) is 28.1 Å². The topological polar surface area (TPSA) is 212 Å². The summed E-state index contributed by atoms with van der Waals surface area (Å²) in [6, 6.07) is 0. The Bertz CT molecular complexity index is 1380. The van der Waals surface area contributed by atoms with Gasteiger partial charge < -0.3 is 58.0 Å². The Morgan fingerprint density at radius 1 is 0.759 bits per heavy atom. The summed E-state index contributed by atoms with van der Waals surface area (Å²) in [5.74, 6) is -7.45. The molecule has 16 nitrogen and oxygen atoms in total. The predicted octanol–water partition coefficient (Wildman–Crippen LogP) is 3.36. The maximum atomic E-state index is 14.7. The van der Waals surface area contributed by atoms with Gasteiger partial charge in [0.05, 0.1) is 48.5 Å². The lowest BCUT2D eigenvalue weighted by atomic mass is 9.73. The molecule has 336 valence electrons. The number of hydrogen-bond acceptors (Lipinski definition) is 16. The van der Waals surface area contributed by atoms with E-state index in [0.717, 1.165) is 0 Å². The summed E-state index contributed by atoms with van der Waals surface area (Å²) in [4.78, 5) is 53.8. The third-order valence-electron chi connectivity index (χ3n) is 12.8. The quantitative estimate of drug-likeness (QED) is 0.213. The van der Waals surface area contributed by atoms with E-state index < -0.39 is 139 Å². The molecule has 0 radical (unpaired) electrons. The summed E-state index contributed by atoms with van der Waals surface area (Å²) in [7, 11) is 2.92. The van der Waals surface area contributed by atoms with Gasteiger partial charge in [0.25, 0.3) is 0 Å². The van der Waals surface area contributed by atoms with Gasteiger partial charge in [0.2, 0.25) is 0 Å². The Morgan fingerprint density at radius 3 is 1.84 bits per heavy atom. The van der Waals surface area contributed by atoms with E-state index in [4.69, 9.17) is 42.6 Å². The first-order valence-electron chi connectivity index (χ1n) is 20.7. The van der Waals surface area contributed by atoms with Crippen LogP contribution < -0.4 is 0 Å². The number of rotatable bonds is 10. The lowest BCUT2D eigenvalue weighted by molar-refractivity contribution is -0.319. The number of carbonyl (C=O) groups excluding carboxylic acids is 4. The molecule has 3 rings (SSSR count). The number of aliphatic hydroxyl groups is 3. The molecular weight excluding hydrogens is 760 g/mol. The number of ketones is 1. The molecule has 0 aromatic carbocycles. The van der Waals surface area contributed by atoms with Gasteiger partial charge in [-0.3, -0.25) is 19.2 Å². The van der Waals surface area contributed by atoms with Crippen molar-refractivity contribution in [1.29, 1.82) is 0 Å². The lowest BCUT2D eigenvalue weighted by Crippen LogP contribution is -2.58. The van der Waals surface area contributed by atoms with Gasteiger partial charge >= 0.3 is 17.9 Å². The molecule has 3 aliphatic rings. The normalized spacial score (nSPS) is 44.7. The monoisotopic (exact) mass is 832 g/mol. The number of hydrogen-bond donors (Lipinski definition) is 3. The SMILES string of the molecule is CO[C@@H]1[C@H](O[C@H]2[C@@H](C)[C@@H](O[C@@H]3O[C@H](C)C[C@H](O)[C@@H]3O)[C@@H](C)C(=O)O[C@@H]([C@H](C)[C@H](C)O)[C@@H](C)[C@@H](OC(C)=O)[C@@H](C)C(=O)[C@@](C)(OC)C[C@H]2C)O[C@H](C)[C@H](OC(C)=O)[C@@H]1C. The van der Waals surface area contributed by atoms with Gasteiger partial charge in [-0.05, 0) is 47.0 Å². The number of carbonyl (C=O) groups is 4. The van der Waals surface area contributed by atoms with Crippen LogP contribution in [0.5, 0.6) is 0 Å². The highest BCUT2D eigenvalue weighted by Gasteiger charge is 2.52. The van der Waals surface area contributed by atoms with Gasteiger partial charge in [0.15, 0.2) is 18.4 Å². The average Bonchev–Trinajstić information content (AvgIpc) is 3.14. The molecule has 3 N–H and O–H groups in total. The van der Waals surface area contributed by atoms with Crippen molar-refractivity contribution < 1.29 is 77.1 Å². The summed E-state index contributed by atoms with van der Waals surface area (Å²) in [5, 5.41) is 32.7. The van der Waals surface area contributed by atoms with Crippen molar-refractivity contribution in [2.24, 2.45) is 41.4 Å².